The number of esters is 1. The molecule has 28 heavy (non-hydrogen) atoms. The lowest BCUT2D eigenvalue weighted by Gasteiger charge is -2.55. The Kier molecular flexibility index (Phi) is 8.28. The maximum Gasteiger partial charge on any atom is 0.313 e. The van der Waals surface area contributed by atoms with Crippen LogP contribution >= 0.6 is 0 Å². The fourth-order valence-corrected chi connectivity index (χ4v) is 7.42. The van der Waals surface area contributed by atoms with Crippen LogP contribution in [0.4, 0.5) is 0 Å². The van der Waals surface area contributed by atoms with Crippen molar-refractivity contribution in [2.24, 2.45) is 46.3 Å². The molecule has 0 aliphatic heterocycles. The average molecular weight is 395 g/mol. The summed E-state index contributed by atoms with van der Waals surface area (Å²) in [6.07, 6.45) is 5.37. The van der Waals surface area contributed by atoms with Crippen molar-refractivity contribution in [3.63, 3.8) is 0 Å². The van der Waals surface area contributed by atoms with Crippen molar-refractivity contribution in [2.45, 2.75) is 114 Å². The van der Waals surface area contributed by atoms with Gasteiger partial charge in [-0.25, -0.2) is 0 Å². The van der Waals surface area contributed by atoms with Crippen LogP contribution < -0.4 is 0 Å². The third kappa shape index (κ3) is 3.79. The molecule has 3 saturated carbocycles. The number of ether oxygens (including phenoxy) is 1. The Morgan fingerprint density at radius 3 is 2.00 bits per heavy atom. The van der Waals surface area contributed by atoms with Crippen molar-refractivity contribution in [1.29, 1.82) is 0 Å². The van der Waals surface area contributed by atoms with Crippen molar-refractivity contribution >= 4 is 5.97 Å². The molecular weight excluding hydrogens is 344 g/mol. The molecular formula is C26H50O2. The second kappa shape index (κ2) is 9.09. The highest BCUT2D eigenvalue weighted by molar-refractivity contribution is 5.79. The molecule has 0 spiro atoms. The van der Waals surface area contributed by atoms with E-state index in [9.17, 15) is 4.79 Å². The zero-order valence-electron chi connectivity index (χ0n) is 21.1. The van der Waals surface area contributed by atoms with E-state index in [1.165, 1.54) is 25.7 Å². The van der Waals surface area contributed by atoms with Gasteiger partial charge in [0, 0.05) is 0 Å². The summed E-state index contributed by atoms with van der Waals surface area (Å²) < 4.78 is 5.96. The quantitative estimate of drug-likeness (QED) is 0.447. The van der Waals surface area contributed by atoms with Crippen LogP contribution in [0, 0.1) is 46.3 Å². The Bertz CT molecular complexity index is 515. The van der Waals surface area contributed by atoms with Crippen LogP contribution in [0.15, 0.2) is 0 Å². The van der Waals surface area contributed by atoms with Gasteiger partial charge in [0.15, 0.2) is 0 Å². The Morgan fingerprint density at radius 1 is 1.00 bits per heavy atom. The Morgan fingerprint density at radius 2 is 1.54 bits per heavy atom. The summed E-state index contributed by atoms with van der Waals surface area (Å²) >= 11 is 0. The molecule has 7 unspecified atom stereocenters. The topological polar surface area (TPSA) is 26.3 Å². The summed E-state index contributed by atoms with van der Waals surface area (Å²) in [5.74, 6) is 4.27. The summed E-state index contributed by atoms with van der Waals surface area (Å²) in [5, 5.41) is 0. The third-order valence-corrected chi connectivity index (χ3v) is 8.35. The van der Waals surface area contributed by atoms with Gasteiger partial charge in [0.05, 0.1) is 5.41 Å². The fraction of sp³-hybridized carbons (Fsp3) is 0.962. The van der Waals surface area contributed by atoms with E-state index in [1.54, 1.807) is 0 Å². The molecule has 0 aromatic heterocycles. The minimum atomic E-state index is -0.404. The Hall–Kier alpha value is -0.530. The van der Waals surface area contributed by atoms with E-state index in [2.05, 4.69) is 34.6 Å². The predicted molar refractivity (Wildman–Crippen MR) is 121 cm³/mol. The number of carbonyl (C=O) groups is 1. The highest BCUT2D eigenvalue weighted by Gasteiger charge is 2.74. The smallest absolute Gasteiger partial charge is 0.313 e. The summed E-state index contributed by atoms with van der Waals surface area (Å²) in [4.78, 5) is 13.3. The molecule has 0 aromatic carbocycles. The molecule has 0 amide bonds. The SMILES string of the molecule is CC.CC.CCC1CCCC2C1C1C(C)C2C(C)(C(=O)OC(C)(C)C)C1(C)C. The monoisotopic (exact) mass is 394 g/mol. The minimum absolute atomic E-state index is 0.0192. The van der Waals surface area contributed by atoms with Crippen molar-refractivity contribution < 1.29 is 9.53 Å². The number of hydrogen-bond donors (Lipinski definition) is 0. The second-order valence-electron chi connectivity index (χ2n) is 10.7. The Labute approximate surface area is 176 Å². The largest absolute Gasteiger partial charge is 0.460 e. The molecule has 166 valence electrons. The molecule has 3 rings (SSSR count). The van der Waals surface area contributed by atoms with Crippen LogP contribution in [0.3, 0.4) is 0 Å². The van der Waals surface area contributed by atoms with E-state index in [-0.39, 0.29) is 16.8 Å². The lowest BCUT2D eigenvalue weighted by molar-refractivity contribution is -0.187. The fourth-order valence-electron chi connectivity index (χ4n) is 7.42. The lowest BCUT2D eigenvalue weighted by atomic mass is 9.49. The summed E-state index contributed by atoms with van der Waals surface area (Å²) in [6.45, 7) is 25.7. The van der Waals surface area contributed by atoms with Crippen molar-refractivity contribution in [1.82, 2.24) is 0 Å². The lowest BCUT2D eigenvalue weighted by Crippen LogP contribution is -2.55. The minimum Gasteiger partial charge on any atom is -0.460 e. The van der Waals surface area contributed by atoms with Gasteiger partial charge in [-0.3, -0.25) is 4.79 Å². The van der Waals surface area contributed by atoms with Gasteiger partial charge in [-0.1, -0.05) is 74.7 Å². The van der Waals surface area contributed by atoms with Crippen molar-refractivity contribution in [3.8, 4) is 0 Å². The molecule has 7 atom stereocenters. The number of carbonyl (C=O) groups excluding carboxylic acids is 1. The normalized spacial score (nSPS) is 40.4. The zero-order chi connectivity index (χ0) is 22.1. The summed E-state index contributed by atoms with van der Waals surface area (Å²) in [5.41, 5.74) is -0.730. The van der Waals surface area contributed by atoms with E-state index in [0.717, 1.165) is 17.8 Å². The van der Waals surface area contributed by atoms with Gasteiger partial charge in [-0.2, -0.15) is 0 Å². The maximum atomic E-state index is 13.3. The summed E-state index contributed by atoms with van der Waals surface area (Å²) in [7, 11) is 0. The van der Waals surface area contributed by atoms with E-state index in [4.69, 9.17) is 4.74 Å². The van der Waals surface area contributed by atoms with Gasteiger partial charge in [0.1, 0.15) is 5.60 Å². The number of fused-ring (bicyclic) bond motifs is 5. The maximum absolute atomic E-state index is 13.3. The number of rotatable bonds is 2. The molecule has 2 heteroatoms. The molecule has 2 nitrogen and oxygen atoms in total. The van der Waals surface area contributed by atoms with E-state index < -0.39 is 5.60 Å². The number of hydrogen-bond acceptors (Lipinski definition) is 2. The molecule has 0 aromatic rings. The second-order valence-corrected chi connectivity index (χ2v) is 10.7. The zero-order valence-corrected chi connectivity index (χ0v) is 21.1. The summed E-state index contributed by atoms with van der Waals surface area (Å²) in [6, 6.07) is 0. The van der Waals surface area contributed by atoms with Gasteiger partial charge in [-0.05, 0) is 75.0 Å². The molecule has 3 aliphatic rings. The first kappa shape index (κ1) is 25.5. The Balaban J connectivity index is 0.000000921. The van der Waals surface area contributed by atoms with Crippen LogP contribution in [0.25, 0.3) is 0 Å². The molecule has 3 aliphatic carbocycles. The van der Waals surface area contributed by atoms with E-state index in [0.29, 0.717) is 17.8 Å². The van der Waals surface area contributed by atoms with Crippen molar-refractivity contribution in [2.75, 3.05) is 0 Å². The first-order valence-corrected chi connectivity index (χ1v) is 12.2. The highest BCUT2D eigenvalue weighted by atomic mass is 16.6. The van der Waals surface area contributed by atoms with Gasteiger partial charge < -0.3 is 4.74 Å². The molecule has 0 radical (unpaired) electrons. The average Bonchev–Trinajstić information content (AvgIpc) is 3.02. The standard InChI is InChI=1S/C22H38O2.2C2H6/c1-9-14-11-10-12-15-16(14)18-13(2)17(15)22(8,21(18,6)7)19(23)24-20(3,4)5;2*1-2/h13-18H,9-12H2,1-8H3;2*1-2H3. The van der Waals surface area contributed by atoms with Crippen LogP contribution in [0.1, 0.15) is 109 Å². The molecule has 0 saturated heterocycles. The third-order valence-electron chi connectivity index (χ3n) is 8.35. The molecule has 0 N–H and O–H groups in total. The van der Waals surface area contributed by atoms with Crippen LogP contribution in [0.5, 0.6) is 0 Å². The van der Waals surface area contributed by atoms with Gasteiger partial charge in [0.2, 0.25) is 0 Å². The van der Waals surface area contributed by atoms with E-state index in [1.807, 2.05) is 48.5 Å². The van der Waals surface area contributed by atoms with Crippen molar-refractivity contribution in [3.05, 3.63) is 0 Å². The van der Waals surface area contributed by atoms with E-state index >= 15 is 0 Å². The highest BCUT2D eigenvalue weighted by Crippen LogP contribution is 2.75. The predicted octanol–water partition coefficient (Wildman–Crippen LogP) is 7.75. The first-order chi connectivity index (χ1) is 13.0. The van der Waals surface area contributed by atoms with Crippen LogP contribution in [-0.4, -0.2) is 11.6 Å². The molecule has 3 fully saturated rings. The van der Waals surface area contributed by atoms with Crippen LogP contribution in [-0.2, 0) is 9.53 Å². The molecule has 2 bridgehead atoms. The van der Waals surface area contributed by atoms with Crippen LogP contribution in [0.2, 0.25) is 0 Å². The van der Waals surface area contributed by atoms with Gasteiger partial charge >= 0.3 is 5.97 Å². The van der Waals surface area contributed by atoms with Gasteiger partial charge in [0.25, 0.3) is 0 Å². The molecule has 0 heterocycles. The first-order valence-electron chi connectivity index (χ1n) is 12.2. The van der Waals surface area contributed by atoms with Gasteiger partial charge in [-0.15, -0.1) is 0 Å².